The molecule has 1 aliphatic rings. The van der Waals surface area contributed by atoms with Gasteiger partial charge in [-0.25, -0.2) is 0 Å². The third-order valence-electron chi connectivity index (χ3n) is 4.89. The predicted molar refractivity (Wildman–Crippen MR) is 105 cm³/mol. The molecule has 0 saturated carbocycles. The molecule has 0 N–H and O–H groups in total. The first kappa shape index (κ1) is 19.1. The molecule has 0 spiro atoms. The Morgan fingerprint density at radius 1 is 0.815 bits per heavy atom. The van der Waals surface area contributed by atoms with Gasteiger partial charge in [0.05, 0.1) is 6.42 Å². The van der Waals surface area contributed by atoms with Gasteiger partial charge >= 0.3 is 0 Å². The number of methoxy groups -OCH3 is 1. The summed E-state index contributed by atoms with van der Waals surface area (Å²) in [5, 5.41) is 0. The third-order valence-corrected chi connectivity index (χ3v) is 4.89. The lowest BCUT2D eigenvalue weighted by Crippen LogP contribution is -2.39. The fourth-order valence-corrected chi connectivity index (χ4v) is 3.36. The normalized spacial score (nSPS) is 14.7. The number of carbonyl (C=O) groups is 2. The van der Waals surface area contributed by atoms with E-state index in [4.69, 9.17) is 4.74 Å². The molecule has 0 unspecified atom stereocenters. The third kappa shape index (κ3) is 5.17. The van der Waals surface area contributed by atoms with Crippen LogP contribution >= 0.6 is 0 Å². The second kappa shape index (κ2) is 9.33. The quantitative estimate of drug-likeness (QED) is 0.817. The number of rotatable bonds is 5. The molecular weight excluding hydrogens is 340 g/mol. The van der Waals surface area contributed by atoms with Crippen LogP contribution in [0.1, 0.15) is 12.0 Å². The Morgan fingerprint density at radius 2 is 1.41 bits per heavy atom. The number of hydrogen-bond donors (Lipinski definition) is 0. The van der Waals surface area contributed by atoms with Crippen molar-refractivity contribution in [2.45, 2.75) is 12.8 Å². The van der Waals surface area contributed by atoms with E-state index in [2.05, 4.69) is 24.3 Å². The maximum Gasteiger partial charge on any atom is 0.248 e. The second-order valence-corrected chi connectivity index (χ2v) is 6.79. The van der Waals surface area contributed by atoms with E-state index in [1.807, 2.05) is 35.2 Å². The Labute approximate surface area is 160 Å². The van der Waals surface area contributed by atoms with Crippen molar-refractivity contribution in [2.24, 2.45) is 0 Å². The van der Waals surface area contributed by atoms with Crippen molar-refractivity contribution in [1.82, 2.24) is 9.80 Å². The summed E-state index contributed by atoms with van der Waals surface area (Å²) in [6, 6.07) is 18.4. The summed E-state index contributed by atoms with van der Waals surface area (Å²) in [6.45, 7) is 2.62. The van der Waals surface area contributed by atoms with E-state index in [0.29, 0.717) is 32.6 Å². The molecule has 5 heteroatoms. The van der Waals surface area contributed by atoms with Gasteiger partial charge in [0.2, 0.25) is 11.8 Å². The van der Waals surface area contributed by atoms with Crippen LogP contribution in [0.15, 0.2) is 54.6 Å². The number of ether oxygens (including phenoxy) is 1. The van der Waals surface area contributed by atoms with Crippen LogP contribution in [0, 0.1) is 0 Å². The minimum atomic E-state index is -0.0108. The zero-order chi connectivity index (χ0) is 19.1. The number of nitrogens with zero attached hydrogens (tertiary/aromatic N) is 2. The van der Waals surface area contributed by atoms with Gasteiger partial charge in [0.15, 0.2) is 0 Å². The van der Waals surface area contributed by atoms with E-state index in [1.165, 1.54) is 12.7 Å². The topological polar surface area (TPSA) is 49.9 Å². The van der Waals surface area contributed by atoms with Crippen molar-refractivity contribution in [3.05, 3.63) is 60.2 Å². The van der Waals surface area contributed by atoms with Crippen LogP contribution < -0.4 is 0 Å². The summed E-state index contributed by atoms with van der Waals surface area (Å²) in [7, 11) is 1.52. The van der Waals surface area contributed by atoms with Crippen LogP contribution in [-0.4, -0.2) is 61.5 Å². The average Bonchev–Trinajstić information content (AvgIpc) is 2.96. The molecule has 1 heterocycles. The molecular formula is C22H26N2O3. The molecule has 0 radical (unpaired) electrons. The molecule has 2 aromatic carbocycles. The van der Waals surface area contributed by atoms with Crippen molar-refractivity contribution >= 4 is 11.8 Å². The maximum atomic E-state index is 12.7. The summed E-state index contributed by atoms with van der Waals surface area (Å²) in [6.07, 6.45) is 1.19. The van der Waals surface area contributed by atoms with Gasteiger partial charge in [0.1, 0.15) is 6.61 Å². The van der Waals surface area contributed by atoms with E-state index in [9.17, 15) is 9.59 Å². The number of benzene rings is 2. The molecule has 0 aromatic heterocycles. The zero-order valence-corrected chi connectivity index (χ0v) is 15.8. The van der Waals surface area contributed by atoms with Crippen LogP contribution in [0.3, 0.4) is 0 Å². The van der Waals surface area contributed by atoms with E-state index < -0.39 is 0 Å². The summed E-state index contributed by atoms with van der Waals surface area (Å²) in [5.74, 6) is 0.104. The van der Waals surface area contributed by atoms with E-state index in [-0.39, 0.29) is 18.4 Å². The molecule has 0 atom stereocenters. The molecule has 0 bridgehead atoms. The largest absolute Gasteiger partial charge is 0.375 e. The maximum absolute atomic E-state index is 12.7. The molecule has 1 aliphatic heterocycles. The van der Waals surface area contributed by atoms with Crippen molar-refractivity contribution < 1.29 is 14.3 Å². The number of carbonyl (C=O) groups excluding carboxylic acids is 2. The Balaban J connectivity index is 1.56. The Morgan fingerprint density at radius 3 is 2.04 bits per heavy atom. The average molecular weight is 366 g/mol. The molecule has 5 nitrogen and oxygen atoms in total. The van der Waals surface area contributed by atoms with Crippen LogP contribution in [0.5, 0.6) is 0 Å². The van der Waals surface area contributed by atoms with Gasteiger partial charge in [-0.15, -0.1) is 0 Å². The standard InChI is InChI=1S/C22H26N2O3/c1-27-17-22(26)24-13-5-12-23(14-15-24)21(25)16-18-8-10-20(11-9-18)19-6-3-2-4-7-19/h2-4,6-11H,5,12-17H2,1H3. The highest BCUT2D eigenvalue weighted by molar-refractivity contribution is 5.80. The van der Waals surface area contributed by atoms with Gasteiger partial charge in [0.25, 0.3) is 0 Å². The number of amides is 2. The molecule has 1 fully saturated rings. The summed E-state index contributed by atoms with van der Waals surface area (Å²) in [5.41, 5.74) is 3.33. The van der Waals surface area contributed by atoms with Crippen molar-refractivity contribution in [1.29, 1.82) is 0 Å². The first-order valence-electron chi connectivity index (χ1n) is 9.36. The molecule has 2 amide bonds. The minimum absolute atomic E-state index is 0.0108. The van der Waals surface area contributed by atoms with E-state index in [0.717, 1.165) is 17.5 Å². The Kier molecular flexibility index (Phi) is 6.60. The molecule has 142 valence electrons. The van der Waals surface area contributed by atoms with Gasteiger partial charge in [0, 0.05) is 33.3 Å². The lowest BCUT2D eigenvalue weighted by atomic mass is 10.0. The fourth-order valence-electron chi connectivity index (χ4n) is 3.36. The fraction of sp³-hybridized carbons (Fsp3) is 0.364. The van der Waals surface area contributed by atoms with Gasteiger partial charge in [-0.3, -0.25) is 9.59 Å². The predicted octanol–water partition coefficient (Wildman–Crippen LogP) is 2.60. The lowest BCUT2D eigenvalue weighted by molar-refractivity contribution is -0.136. The van der Waals surface area contributed by atoms with Crippen molar-refractivity contribution in [3.63, 3.8) is 0 Å². The second-order valence-electron chi connectivity index (χ2n) is 6.79. The highest BCUT2D eigenvalue weighted by Crippen LogP contribution is 2.19. The van der Waals surface area contributed by atoms with Crippen molar-refractivity contribution in [2.75, 3.05) is 39.9 Å². The van der Waals surface area contributed by atoms with Crippen LogP contribution in [0.2, 0.25) is 0 Å². The van der Waals surface area contributed by atoms with Gasteiger partial charge < -0.3 is 14.5 Å². The molecule has 27 heavy (non-hydrogen) atoms. The van der Waals surface area contributed by atoms with Crippen LogP contribution in [0.25, 0.3) is 11.1 Å². The molecule has 0 aliphatic carbocycles. The van der Waals surface area contributed by atoms with Crippen LogP contribution in [0.4, 0.5) is 0 Å². The first-order chi connectivity index (χ1) is 13.2. The number of hydrogen-bond acceptors (Lipinski definition) is 3. The molecule has 3 rings (SSSR count). The highest BCUT2D eigenvalue weighted by atomic mass is 16.5. The van der Waals surface area contributed by atoms with Gasteiger partial charge in [-0.1, -0.05) is 54.6 Å². The molecule has 1 saturated heterocycles. The van der Waals surface area contributed by atoms with E-state index >= 15 is 0 Å². The summed E-state index contributed by atoms with van der Waals surface area (Å²) >= 11 is 0. The van der Waals surface area contributed by atoms with Crippen molar-refractivity contribution in [3.8, 4) is 11.1 Å². The first-order valence-corrected chi connectivity index (χ1v) is 9.36. The van der Waals surface area contributed by atoms with Gasteiger partial charge in [-0.05, 0) is 23.1 Å². The van der Waals surface area contributed by atoms with Gasteiger partial charge in [-0.2, -0.15) is 0 Å². The monoisotopic (exact) mass is 366 g/mol. The SMILES string of the molecule is COCC(=O)N1CCCN(C(=O)Cc2ccc(-c3ccccc3)cc2)CC1. The Bertz CT molecular complexity index is 759. The smallest absolute Gasteiger partial charge is 0.248 e. The van der Waals surface area contributed by atoms with E-state index in [1.54, 1.807) is 4.90 Å². The Hall–Kier alpha value is -2.66. The zero-order valence-electron chi connectivity index (χ0n) is 15.8. The highest BCUT2D eigenvalue weighted by Gasteiger charge is 2.21. The summed E-state index contributed by atoms with van der Waals surface area (Å²) in [4.78, 5) is 28.3. The summed E-state index contributed by atoms with van der Waals surface area (Å²) < 4.78 is 4.92. The minimum Gasteiger partial charge on any atom is -0.375 e. The lowest BCUT2D eigenvalue weighted by Gasteiger charge is -2.22. The molecule has 2 aromatic rings. The van der Waals surface area contributed by atoms with Crippen LogP contribution in [-0.2, 0) is 20.7 Å².